The minimum absolute atomic E-state index is 0.210. The first-order valence-electron chi connectivity index (χ1n) is 19.2. The third kappa shape index (κ3) is 10.6. The van der Waals surface area contributed by atoms with Crippen molar-refractivity contribution in [2.45, 2.75) is 80.3 Å². The van der Waals surface area contributed by atoms with Crippen LogP contribution in [-0.2, 0) is 0 Å². The van der Waals surface area contributed by atoms with E-state index in [4.69, 9.17) is 9.97 Å². The van der Waals surface area contributed by atoms with Gasteiger partial charge in [0.05, 0.1) is 0 Å². The van der Waals surface area contributed by atoms with Gasteiger partial charge in [-0.05, 0) is 124 Å². The molecule has 0 bridgehead atoms. The summed E-state index contributed by atoms with van der Waals surface area (Å²) in [5, 5.41) is 20.3. The summed E-state index contributed by atoms with van der Waals surface area (Å²) < 4.78 is 0. The van der Waals surface area contributed by atoms with Crippen LogP contribution >= 0.6 is 0 Å². The van der Waals surface area contributed by atoms with Crippen LogP contribution in [0.3, 0.4) is 0 Å². The number of anilines is 10. The Hall–Kier alpha value is -6.56. The maximum absolute atomic E-state index is 4.69. The monoisotopic (exact) mass is 748 g/mol. The van der Waals surface area contributed by atoms with Crippen LogP contribution in [0.2, 0.25) is 0 Å². The average molecular weight is 749 g/mol. The first kappa shape index (κ1) is 39.1. The normalized spacial score (nSPS) is 12.2. The van der Waals surface area contributed by atoms with Crippen LogP contribution in [0.15, 0.2) is 84.9 Å². The van der Waals surface area contributed by atoms with Crippen molar-refractivity contribution >= 4 is 70.6 Å². The van der Waals surface area contributed by atoms with E-state index in [0.29, 0.717) is 35.7 Å². The number of benzene rings is 4. The number of hydrogen-bond donors (Lipinski definition) is 6. The lowest BCUT2D eigenvalue weighted by molar-refractivity contribution is 0.751. The van der Waals surface area contributed by atoms with Gasteiger partial charge in [0, 0.05) is 34.8 Å². The number of para-hydroxylation sites is 2. The standard InChI is InChI=1S/C44H52N12/c1-9-31(7)45-39-51-41(55-43(53-39)49-37-17-13-11-15-27(37)3)47-35-23-21-33(29(5)25-35)19-20-34-22-24-36(26-30(34)6)48-42-52-40(46-32(8)10-2)54-44(56-42)50-38-18-14-12-16-28(38)4/h11-26,31-32H,9-10H2,1-8H3,(H3,45,47,49,51,53,55)(H3,46,48,50,52,54,56). The van der Waals surface area contributed by atoms with E-state index in [1.165, 1.54) is 0 Å². The highest BCUT2D eigenvalue weighted by molar-refractivity contribution is 5.75. The molecule has 6 rings (SSSR count). The molecule has 0 aliphatic rings. The zero-order valence-electron chi connectivity index (χ0n) is 33.5. The Balaban J connectivity index is 1.16. The second-order valence-electron chi connectivity index (χ2n) is 14.1. The predicted molar refractivity (Wildman–Crippen MR) is 233 cm³/mol. The fourth-order valence-electron chi connectivity index (χ4n) is 5.74. The van der Waals surface area contributed by atoms with Gasteiger partial charge in [-0.3, -0.25) is 0 Å². The lowest BCUT2D eigenvalue weighted by Gasteiger charge is -2.15. The summed E-state index contributed by atoms with van der Waals surface area (Å²) in [6, 6.07) is 29.0. The summed E-state index contributed by atoms with van der Waals surface area (Å²) in [4.78, 5) is 28.0. The van der Waals surface area contributed by atoms with Crippen molar-refractivity contribution in [1.29, 1.82) is 0 Å². The van der Waals surface area contributed by atoms with E-state index < -0.39 is 0 Å². The Morgan fingerprint density at radius 1 is 0.446 bits per heavy atom. The van der Waals surface area contributed by atoms with Crippen LogP contribution in [0, 0.1) is 27.7 Å². The molecule has 12 heteroatoms. The smallest absolute Gasteiger partial charge is 0.233 e. The second-order valence-corrected chi connectivity index (χ2v) is 14.1. The summed E-state index contributed by atoms with van der Waals surface area (Å²) in [6.07, 6.45) is 6.15. The van der Waals surface area contributed by atoms with Crippen LogP contribution < -0.4 is 31.9 Å². The minimum Gasteiger partial charge on any atom is -0.352 e. The molecule has 0 saturated carbocycles. The summed E-state index contributed by atoms with van der Waals surface area (Å²) in [7, 11) is 0. The molecule has 0 radical (unpaired) electrons. The number of rotatable bonds is 16. The molecular weight excluding hydrogens is 697 g/mol. The van der Waals surface area contributed by atoms with Crippen LogP contribution in [0.1, 0.15) is 73.9 Å². The van der Waals surface area contributed by atoms with E-state index in [1.807, 2.05) is 48.5 Å². The van der Waals surface area contributed by atoms with E-state index in [-0.39, 0.29) is 12.1 Å². The molecule has 0 aliphatic heterocycles. The summed E-state index contributed by atoms with van der Waals surface area (Å²) in [6.45, 7) is 16.8. The van der Waals surface area contributed by atoms with E-state index in [1.54, 1.807) is 0 Å². The molecule has 2 unspecified atom stereocenters. The van der Waals surface area contributed by atoms with Crippen LogP contribution in [0.4, 0.5) is 58.4 Å². The molecule has 0 saturated heterocycles. The average Bonchev–Trinajstić information content (AvgIpc) is 3.16. The van der Waals surface area contributed by atoms with E-state index in [2.05, 4.69) is 156 Å². The van der Waals surface area contributed by atoms with Gasteiger partial charge in [0.2, 0.25) is 35.7 Å². The Kier molecular flexibility index (Phi) is 12.7. The lowest BCUT2D eigenvalue weighted by atomic mass is 10.0. The molecule has 0 amide bonds. The lowest BCUT2D eigenvalue weighted by Crippen LogP contribution is -2.17. The van der Waals surface area contributed by atoms with Gasteiger partial charge in [0.1, 0.15) is 0 Å². The van der Waals surface area contributed by atoms with Gasteiger partial charge in [-0.2, -0.15) is 29.9 Å². The third-order valence-electron chi connectivity index (χ3n) is 9.52. The largest absolute Gasteiger partial charge is 0.352 e. The molecule has 6 N–H and O–H groups in total. The van der Waals surface area contributed by atoms with Gasteiger partial charge in [0.25, 0.3) is 0 Å². The molecular formula is C44H52N12. The van der Waals surface area contributed by atoms with E-state index in [0.717, 1.165) is 69.0 Å². The van der Waals surface area contributed by atoms with Crippen molar-refractivity contribution in [2.24, 2.45) is 0 Å². The van der Waals surface area contributed by atoms with E-state index in [9.17, 15) is 0 Å². The zero-order valence-corrected chi connectivity index (χ0v) is 33.5. The highest BCUT2D eigenvalue weighted by Crippen LogP contribution is 2.26. The maximum atomic E-state index is 4.69. The molecule has 6 aromatic rings. The van der Waals surface area contributed by atoms with Gasteiger partial charge >= 0.3 is 0 Å². The van der Waals surface area contributed by atoms with Crippen molar-refractivity contribution in [3.05, 3.63) is 118 Å². The van der Waals surface area contributed by atoms with Crippen molar-refractivity contribution < 1.29 is 0 Å². The SMILES string of the molecule is CCC(C)Nc1nc(Nc2ccc(C=Cc3ccc(Nc4nc(Nc5ccccc5C)nc(NC(C)CC)n4)cc3C)c(C)c2)nc(Nc2ccccc2C)n1. The topological polar surface area (TPSA) is 150 Å². The van der Waals surface area contributed by atoms with E-state index >= 15 is 0 Å². The predicted octanol–water partition coefficient (Wildman–Crippen LogP) is 10.9. The Labute approximate surface area is 330 Å². The van der Waals surface area contributed by atoms with Gasteiger partial charge in [-0.25, -0.2) is 0 Å². The molecule has 12 nitrogen and oxygen atoms in total. The van der Waals surface area contributed by atoms with Crippen molar-refractivity contribution in [3.63, 3.8) is 0 Å². The quantitative estimate of drug-likeness (QED) is 0.0523. The molecule has 4 aromatic carbocycles. The summed E-state index contributed by atoms with van der Waals surface area (Å²) in [5.41, 5.74) is 10.3. The number of hydrogen-bond acceptors (Lipinski definition) is 12. The van der Waals surface area contributed by atoms with Crippen LogP contribution in [0.5, 0.6) is 0 Å². The number of aromatic nitrogens is 6. The van der Waals surface area contributed by atoms with Crippen molar-refractivity contribution in [2.75, 3.05) is 31.9 Å². The fourth-order valence-corrected chi connectivity index (χ4v) is 5.74. The minimum atomic E-state index is 0.210. The van der Waals surface area contributed by atoms with Crippen LogP contribution in [-0.4, -0.2) is 42.0 Å². The maximum Gasteiger partial charge on any atom is 0.233 e. The Bertz CT molecular complexity index is 2140. The molecule has 288 valence electrons. The van der Waals surface area contributed by atoms with Gasteiger partial charge in [0.15, 0.2) is 0 Å². The highest BCUT2D eigenvalue weighted by atomic mass is 15.3. The van der Waals surface area contributed by atoms with Crippen LogP contribution in [0.25, 0.3) is 12.2 Å². The molecule has 0 fully saturated rings. The van der Waals surface area contributed by atoms with Gasteiger partial charge in [-0.1, -0.05) is 74.5 Å². The molecule has 2 atom stereocenters. The number of nitrogens with zero attached hydrogens (tertiary/aromatic N) is 6. The molecule has 56 heavy (non-hydrogen) atoms. The Morgan fingerprint density at radius 3 is 1.16 bits per heavy atom. The second kappa shape index (κ2) is 18.2. The molecule has 0 aliphatic carbocycles. The fraction of sp³-hybridized carbons (Fsp3) is 0.273. The van der Waals surface area contributed by atoms with Gasteiger partial charge in [-0.15, -0.1) is 0 Å². The molecule has 2 aromatic heterocycles. The third-order valence-corrected chi connectivity index (χ3v) is 9.52. The first-order chi connectivity index (χ1) is 27.0. The highest BCUT2D eigenvalue weighted by Gasteiger charge is 2.13. The summed E-state index contributed by atoms with van der Waals surface area (Å²) >= 11 is 0. The zero-order chi connectivity index (χ0) is 39.6. The number of aryl methyl sites for hydroxylation is 4. The molecule has 2 heterocycles. The van der Waals surface area contributed by atoms with Gasteiger partial charge < -0.3 is 31.9 Å². The summed E-state index contributed by atoms with van der Waals surface area (Å²) in [5.74, 6) is 2.86. The Morgan fingerprint density at radius 2 is 0.804 bits per heavy atom. The number of nitrogens with one attached hydrogen (secondary N) is 6. The van der Waals surface area contributed by atoms with Crippen molar-refractivity contribution in [1.82, 2.24) is 29.9 Å². The first-order valence-corrected chi connectivity index (χ1v) is 19.2. The molecule has 0 spiro atoms. The van der Waals surface area contributed by atoms with Crippen molar-refractivity contribution in [3.8, 4) is 0 Å².